The number of aryl methyl sites for hydroxylation is 1. The van der Waals surface area contributed by atoms with Crippen molar-refractivity contribution in [3.63, 3.8) is 0 Å². The summed E-state index contributed by atoms with van der Waals surface area (Å²) in [7, 11) is 0. The highest BCUT2D eigenvalue weighted by molar-refractivity contribution is 9.10. The lowest BCUT2D eigenvalue weighted by molar-refractivity contribution is 0.622. The summed E-state index contributed by atoms with van der Waals surface area (Å²) in [4.78, 5) is 4.26. The minimum Gasteiger partial charge on any atom is -0.396 e. The molecular formula is C12H13BrFN3. The first-order chi connectivity index (χ1) is 8.06. The topological polar surface area (TPSA) is 50.9 Å². The van der Waals surface area contributed by atoms with Crippen LogP contribution in [0.25, 0.3) is 10.9 Å². The number of nitrogens with one attached hydrogen (secondary N) is 1. The first-order valence-electron chi connectivity index (χ1n) is 5.33. The molecule has 0 unspecified atom stereocenters. The van der Waals surface area contributed by atoms with Gasteiger partial charge in [-0.2, -0.15) is 0 Å². The first kappa shape index (κ1) is 12.1. The van der Waals surface area contributed by atoms with Crippen LogP contribution in [-0.2, 0) is 0 Å². The molecule has 0 amide bonds. The van der Waals surface area contributed by atoms with Gasteiger partial charge in [0.2, 0.25) is 0 Å². The molecule has 0 saturated carbocycles. The fourth-order valence-corrected chi connectivity index (χ4v) is 2.35. The Bertz CT molecular complexity index is 584. The molecule has 0 atom stereocenters. The van der Waals surface area contributed by atoms with E-state index < -0.39 is 0 Å². The Balaban J connectivity index is 2.91. The van der Waals surface area contributed by atoms with E-state index in [4.69, 9.17) is 5.73 Å². The Morgan fingerprint density at radius 1 is 1.53 bits per heavy atom. The van der Waals surface area contributed by atoms with Crippen LogP contribution in [0.1, 0.15) is 12.5 Å². The van der Waals surface area contributed by atoms with Crippen molar-refractivity contribution in [1.29, 1.82) is 0 Å². The van der Waals surface area contributed by atoms with E-state index in [2.05, 4.69) is 26.2 Å². The molecule has 0 aliphatic carbocycles. The van der Waals surface area contributed by atoms with Gasteiger partial charge in [0.15, 0.2) is 0 Å². The monoisotopic (exact) mass is 297 g/mol. The number of nitrogen functional groups attached to an aromatic ring is 1. The van der Waals surface area contributed by atoms with Gasteiger partial charge < -0.3 is 11.1 Å². The number of hydrogen-bond donors (Lipinski definition) is 2. The molecule has 0 bridgehead atoms. The standard InChI is InChI=1S/C12H13BrFN3/c1-3-16-12-8(15)5-17-11-6(2)4-7(14)10(13)9(11)12/h4-5H,3,15H2,1-2H3,(H,16,17). The van der Waals surface area contributed by atoms with Crippen LogP contribution in [0.15, 0.2) is 16.7 Å². The number of rotatable bonds is 2. The average molecular weight is 298 g/mol. The number of nitrogens with zero attached hydrogens (tertiary/aromatic N) is 1. The number of aromatic nitrogens is 1. The summed E-state index contributed by atoms with van der Waals surface area (Å²) in [6, 6.07) is 1.46. The maximum Gasteiger partial charge on any atom is 0.138 e. The Hall–Kier alpha value is -1.36. The van der Waals surface area contributed by atoms with Crippen molar-refractivity contribution in [2.75, 3.05) is 17.6 Å². The zero-order chi connectivity index (χ0) is 12.6. The van der Waals surface area contributed by atoms with Crippen molar-refractivity contribution in [1.82, 2.24) is 4.98 Å². The lowest BCUT2D eigenvalue weighted by atomic mass is 10.1. The number of halogens is 2. The van der Waals surface area contributed by atoms with Crippen molar-refractivity contribution in [3.05, 3.63) is 28.1 Å². The fraction of sp³-hybridized carbons (Fsp3) is 0.250. The van der Waals surface area contributed by atoms with E-state index >= 15 is 0 Å². The van der Waals surface area contributed by atoms with Gasteiger partial charge in [0.1, 0.15) is 5.82 Å². The van der Waals surface area contributed by atoms with E-state index in [0.29, 0.717) is 22.1 Å². The van der Waals surface area contributed by atoms with Crippen LogP contribution >= 0.6 is 15.9 Å². The smallest absolute Gasteiger partial charge is 0.138 e. The van der Waals surface area contributed by atoms with E-state index in [1.165, 1.54) is 6.07 Å². The summed E-state index contributed by atoms with van der Waals surface area (Å²) in [5, 5.41) is 3.85. The fourth-order valence-electron chi connectivity index (χ4n) is 1.85. The van der Waals surface area contributed by atoms with Crippen LogP contribution in [0.2, 0.25) is 0 Å². The predicted octanol–water partition coefficient (Wildman–Crippen LogP) is 3.46. The van der Waals surface area contributed by atoms with Crippen LogP contribution in [0, 0.1) is 12.7 Å². The Kier molecular flexibility index (Phi) is 3.19. The lowest BCUT2D eigenvalue weighted by Gasteiger charge is -2.13. The second-order valence-corrected chi connectivity index (χ2v) is 4.62. The molecule has 17 heavy (non-hydrogen) atoms. The first-order valence-corrected chi connectivity index (χ1v) is 6.12. The van der Waals surface area contributed by atoms with Crippen LogP contribution in [0.3, 0.4) is 0 Å². The van der Waals surface area contributed by atoms with E-state index in [-0.39, 0.29) is 5.82 Å². The van der Waals surface area contributed by atoms with Crippen LogP contribution < -0.4 is 11.1 Å². The molecule has 3 N–H and O–H groups in total. The molecule has 0 fully saturated rings. The third kappa shape index (κ3) is 1.95. The lowest BCUT2D eigenvalue weighted by Crippen LogP contribution is -2.04. The highest BCUT2D eigenvalue weighted by atomic mass is 79.9. The zero-order valence-corrected chi connectivity index (χ0v) is 11.2. The minimum atomic E-state index is -0.304. The molecule has 0 saturated heterocycles. The quantitative estimate of drug-likeness (QED) is 0.892. The molecular weight excluding hydrogens is 285 g/mol. The minimum absolute atomic E-state index is 0.304. The summed E-state index contributed by atoms with van der Waals surface area (Å²) >= 11 is 3.26. The number of benzene rings is 1. The van der Waals surface area contributed by atoms with Gasteiger partial charge in [0, 0.05) is 11.9 Å². The van der Waals surface area contributed by atoms with Gasteiger partial charge in [0.05, 0.1) is 27.6 Å². The Morgan fingerprint density at radius 2 is 2.24 bits per heavy atom. The van der Waals surface area contributed by atoms with Crippen molar-refractivity contribution in [2.24, 2.45) is 0 Å². The Labute approximate surface area is 107 Å². The molecule has 1 aromatic carbocycles. The zero-order valence-electron chi connectivity index (χ0n) is 9.64. The SMILES string of the molecule is CCNc1c(N)cnc2c(C)cc(F)c(Br)c12. The van der Waals surface area contributed by atoms with Gasteiger partial charge in [0.25, 0.3) is 0 Å². The molecule has 2 rings (SSSR count). The van der Waals surface area contributed by atoms with Gasteiger partial charge in [-0.1, -0.05) is 0 Å². The van der Waals surface area contributed by atoms with E-state index in [1.807, 2.05) is 13.8 Å². The molecule has 0 spiro atoms. The van der Waals surface area contributed by atoms with E-state index in [1.54, 1.807) is 6.20 Å². The van der Waals surface area contributed by atoms with Crippen molar-refractivity contribution >= 4 is 38.2 Å². The summed E-state index contributed by atoms with van der Waals surface area (Å²) in [5.41, 5.74) is 8.67. The molecule has 90 valence electrons. The second-order valence-electron chi connectivity index (χ2n) is 3.83. The largest absolute Gasteiger partial charge is 0.396 e. The Morgan fingerprint density at radius 3 is 2.88 bits per heavy atom. The van der Waals surface area contributed by atoms with E-state index in [9.17, 15) is 4.39 Å². The third-order valence-electron chi connectivity index (χ3n) is 2.61. The van der Waals surface area contributed by atoms with Crippen molar-refractivity contribution < 1.29 is 4.39 Å². The van der Waals surface area contributed by atoms with E-state index in [0.717, 1.165) is 16.8 Å². The molecule has 1 aromatic heterocycles. The summed E-state index contributed by atoms with van der Waals surface area (Å²) in [6.07, 6.45) is 1.59. The number of anilines is 2. The van der Waals surface area contributed by atoms with Gasteiger partial charge >= 0.3 is 0 Å². The van der Waals surface area contributed by atoms with Gasteiger partial charge in [-0.15, -0.1) is 0 Å². The summed E-state index contributed by atoms with van der Waals surface area (Å²) in [6.45, 7) is 4.51. The van der Waals surface area contributed by atoms with Crippen LogP contribution in [-0.4, -0.2) is 11.5 Å². The number of fused-ring (bicyclic) bond motifs is 1. The molecule has 5 heteroatoms. The normalized spacial score (nSPS) is 10.8. The van der Waals surface area contributed by atoms with Crippen LogP contribution in [0.4, 0.5) is 15.8 Å². The predicted molar refractivity (Wildman–Crippen MR) is 72.7 cm³/mol. The van der Waals surface area contributed by atoms with Crippen LogP contribution in [0.5, 0.6) is 0 Å². The molecule has 0 aliphatic heterocycles. The highest BCUT2D eigenvalue weighted by Gasteiger charge is 2.14. The van der Waals surface area contributed by atoms with Gasteiger partial charge in [-0.25, -0.2) is 4.39 Å². The summed E-state index contributed by atoms with van der Waals surface area (Å²) in [5.74, 6) is -0.304. The molecule has 3 nitrogen and oxygen atoms in total. The maximum absolute atomic E-state index is 13.7. The molecule has 1 heterocycles. The third-order valence-corrected chi connectivity index (χ3v) is 3.38. The highest BCUT2D eigenvalue weighted by Crippen LogP contribution is 2.36. The van der Waals surface area contributed by atoms with Crippen molar-refractivity contribution in [2.45, 2.75) is 13.8 Å². The second kappa shape index (κ2) is 4.49. The number of hydrogen-bond acceptors (Lipinski definition) is 3. The van der Waals surface area contributed by atoms with Gasteiger partial charge in [-0.3, -0.25) is 4.98 Å². The van der Waals surface area contributed by atoms with Crippen molar-refractivity contribution in [3.8, 4) is 0 Å². The number of nitrogens with two attached hydrogens (primary N) is 1. The maximum atomic E-state index is 13.7. The number of pyridine rings is 1. The molecule has 0 aliphatic rings. The molecule has 2 aromatic rings. The average Bonchev–Trinajstić information content (AvgIpc) is 2.29. The summed E-state index contributed by atoms with van der Waals surface area (Å²) < 4.78 is 14.1. The molecule has 0 radical (unpaired) electrons. The van der Waals surface area contributed by atoms with Gasteiger partial charge in [-0.05, 0) is 41.4 Å².